The number of rotatable bonds is 6. The van der Waals surface area contributed by atoms with Crippen molar-refractivity contribution in [1.82, 2.24) is 10.2 Å². The van der Waals surface area contributed by atoms with E-state index in [1.165, 1.54) is 0 Å². The van der Waals surface area contributed by atoms with Crippen LogP contribution in [0.2, 0.25) is 0 Å². The molecule has 5 nitrogen and oxygen atoms in total. The van der Waals surface area contributed by atoms with Gasteiger partial charge in [-0.25, -0.2) is 0 Å². The van der Waals surface area contributed by atoms with Gasteiger partial charge in [-0.2, -0.15) is 13.2 Å². The number of ether oxygens (including phenoxy) is 2. The topological polar surface area (TPSA) is 50.8 Å². The Bertz CT molecular complexity index is 537. The van der Waals surface area contributed by atoms with Gasteiger partial charge in [-0.15, -0.1) is 0 Å². The molecular formula is C15H19F3N2O3. The summed E-state index contributed by atoms with van der Waals surface area (Å²) in [4.78, 5) is 13.3. The van der Waals surface area contributed by atoms with Crippen molar-refractivity contribution in [3.05, 3.63) is 24.3 Å². The van der Waals surface area contributed by atoms with E-state index in [0.29, 0.717) is 31.2 Å². The Morgan fingerprint density at radius 2 is 2.04 bits per heavy atom. The molecule has 1 aliphatic heterocycles. The van der Waals surface area contributed by atoms with E-state index in [0.717, 1.165) is 0 Å². The lowest BCUT2D eigenvalue weighted by molar-refractivity contribution is -0.139. The van der Waals surface area contributed by atoms with Crippen LogP contribution in [0.25, 0.3) is 0 Å². The van der Waals surface area contributed by atoms with Crippen molar-refractivity contribution >= 4 is 5.91 Å². The first-order valence-corrected chi connectivity index (χ1v) is 7.31. The van der Waals surface area contributed by atoms with E-state index in [1.807, 2.05) is 24.4 Å². The standard InChI is InChI=1S/C15H19F3N2O3/c1-2-20(8-14(21)19-10-15(16,17)18)7-11-9-22-12-5-3-4-6-13(12)23-11/h3-6,11H,2,7-10H2,1H3,(H,19,21)/t11-/m0/s1. The lowest BCUT2D eigenvalue weighted by Crippen LogP contribution is -2.46. The van der Waals surface area contributed by atoms with Gasteiger partial charge in [0.25, 0.3) is 0 Å². The molecule has 0 aromatic heterocycles. The molecule has 0 bridgehead atoms. The number of nitrogens with one attached hydrogen (secondary N) is 1. The number of nitrogens with zero attached hydrogens (tertiary/aromatic N) is 1. The van der Waals surface area contributed by atoms with E-state index in [9.17, 15) is 18.0 Å². The van der Waals surface area contributed by atoms with E-state index in [4.69, 9.17) is 9.47 Å². The number of benzene rings is 1. The van der Waals surface area contributed by atoms with Gasteiger partial charge in [-0.1, -0.05) is 19.1 Å². The fraction of sp³-hybridized carbons (Fsp3) is 0.533. The van der Waals surface area contributed by atoms with E-state index >= 15 is 0 Å². The number of carbonyl (C=O) groups excluding carboxylic acids is 1. The highest BCUT2D eigenvalue weighted by Gasteiger charge is 2.28. The Balaban J connectivity index is 1.82. The lowest BCUT2D eigenvalue weighted by Gasteiger charge is -2.30. The third-order valence-corrected chi connectivity index (χ3v) is 3.33. The summed E-state index contributed by atoms with van der Waals surface area (Å²) in [6, 6.07) is 7.25. The van der Waals surface area contributed by atoms with Crippen LogP contribution in [0, 0.1) is 0 Å². The zero-order chi connectivity index (χ0) is 16.9. The van der Waals surface area contributed by atoms with Crippen molar-refractivity contribution in [2.75, 3.05) is 32.8 Å². The van der Waals surface area contributed by atoms with Gasteiger partial charge in [-0.3, -0.25) is 9.69 Å². The number of fused-ring (bicyclic) bond motifs is 1. The molecule has 8 heteroatoms. The van der Waals surface area contributed by atoms with Gasteiger partial charge in [0.15, 0.2) is 11.5 Å². The Morgan fingerprint density at radius 1 is 1.35 bits per heavy atom. The van der Waals surface area contributed by atoms with Crippen molar-refractivity contribution in [3.63, 3.8) is 0 Å². The van der Waals surface area contributed by atoms with E-state index < -0.39 is 18.6 Å². The summed E-state index contributed by atoms with van der Waals surface area (Å²) in [6.45, 7) is 1.63. The average Bonchev–Trinajstić information content (AvgIpc) is 2.51. The Labute approximate surface area is 132 Å². The maximum atomic E-state index is 12.1. The molecule has 0 radical (unpaired) electrons. The van der Waals surface area contributed by atoms with Crippen LogP contribution in [0.1, 0.15) is 6.92 Å². The second-order valence-electron chi connectivity index (χ2n) is 5.22. The fourth-order valence-corrected chi connectivity index (χ4v) is 2.20. The van der Waals surface area contributed by atoms with Crippen LogP contribution in [0.15, 0.2) is 24.3 Å². The summed E-state index contributed by atoms with van der Waals surface area (Å²) in [6.07, 6.45) is -4.68. The lowest BCUT2D eigenvalue weighted by atomic mass is 10.2. The summed E-state index contributed by atoms with van der Waals surface area (Å²) in [5, 5.41) is 1.86. The normalized spacial score (nSPS) is 17.2. The van der Waals surface area contributed by atoms with E-state index in [2.05, 4.69) is 0 Å². The molecule has 1 amide bonds. The van der Waals surface area contributed by atoms with Crippen LogP contribution in [0.5, 0.6) is 11.5 Å². The molecule has 1 heterocycles. The first-order chi connectivity index (χ1) is 10.9. The Kier molecular flexibility index (Phi) is 5.70. The second kappa shape index (κ2) is 7.54. The molecule has 0 saturated carbocycles. The summed E-state index contributed by atoms with van der Waals surface area (Å²) < 4.78 is 47.6. The monoisotopic (exact) mass is 332 g/mol. The Morgan fingerprint density at radius 3 is 2.70 bits per heavy atom. The van der Waals surface area contributed by atoms with Crippen molar-refractivity contribution in [2.24, 2.45) is 0 Å². The minimum atomic E-state index is -4.41. The molecule has 128 valence electrons. The zero-order valence-corrected chi connectivity index (χ0v) is 12.7. The highest BCUT2D eigenvalue weighted by Crippen LogP contribution is 2.30. The minimum absolute atomic E-state index is 0.117. The first kappa shape index (κ1) is 17.4. The number of amides is 1. The van der Waals surface area contributed by atoms with Crippen molar-refractivity contribution in [1.29, 1.82) is 0 Å². The number of para-hydroxylation sites is 2. The SMILES string of the molecule is CCN(CC(=O)NCC(F)(F)F)C[C@H]1COc2ccccc2O1. The molecule has 1 aromatic carbocycles. The second-order valence-corrected chi connectivity index (χ2v) is 5.22. The van der Waals surface area contributed by atoms with Crippen molar-refractivity contribution in [2.45, 2.75) is 19.2 Å². The van der Waals surface area contributed by atoms with E-state index in [-0.39, 0.29) is 12.6 Å². The summed E-state index contributed by atoms with van der Waals surface area (Å²) in [5.41, 5.74) is 0. The highest BCUT2D eigenvalue weighted by molar-refractivity contribution is 5.78. The fourth-order valence-electron chi connectivity index (χ4n) is 2.20. The van der Waals surface area contributed by atoms with Gasteiger partial charge in [0, 0.05) is 6.54 Å². The maximum absolute atomic E-state index is 12.1. The number of hydrogen-bond donors (Lipinski definition) is 1. The van der Waals surface area contributed by atoms with Crippen LogP contribution in [0.4, 0.5) is 13.2 Å². The molecule has 0 spiro atoms. The van der Waals surface area contributed by atoms with Gasteiger partial charge in [0.1, 0.15) is 19.3 Å². The molecule has 2 rings (SSSR count). The maximum Gasteiger partial charge on any atom is 0.405 e. The third kappa shape index (κ3) is 5.63. The van der Waals surface area contributed by atoms with Crippen LogP contribution < -0.4 is 14.8 Å². The average molecular weight is 332 g/mol. The summed E-state index contributed by atoms with van der Waals surface area (Å²) >= 11 is 0. The van der Waals surface area contributed by atoms with E-state index in [1.54, 1.807) is 17.0 Å². The van der Waals surface area contributed by atoms with Crippen molar-refractivity contribution in [3.8, 4) is 11.5 Å². The molecule has 1 N–H and O–H groups in total. The summed E-state index contributed by atoms with van der Waals surface area (Å²) in [7, 11) is 0. The number of hydrogen-bond acceptors (Lipinski definition) is 4. The predicted molar refractivity (Wildman–Crippen MR) is 77.5 cm³/mol. The van der Waals surface area contributed by atoms with Gasteiger partial charge >= 0.3 is 6.18 Å². The largest absolute Gasteiger partial charge is 0.486 e. The van der Waals surface area contributed by atoms with Gasteiger partial charge < -0.3 is 14.8 Å². The molecule has 0 unspecified atom stereocenters. The van der Waals surface area contributed by atoms with Gasteiger partial charge in [0.2, 0.25) is 5.91 Å². The predicted octanol–water partition coefficient (Wildman–Crippen LogP) is 1.83. The molecule has 0 fully saturated rings. The van der Waals surface area contributed by atoms with Gasteiger partial charge in [0.05, 0.1) is 6.54 Å². The molecule has 1 aliphatic rings. The first-order valence-electron chi connectivity index (χ1n) is 7.31. The number of carbonyl (C=O) groups is 1. The Hall–Kier alpha value is -1.96. The smallest absolute Gasteiger partial charge is 0.405 e. The van der Waals surface area contributed by atoms with Crippen LogP contribution in [-0.2, 0) is 4.79 Å². The molecule has 1 aromatic rings. The third-order valence-electron chi connectivity index (χ3n) is 3.33. The molecule has 1 atom stereocenters. The number of alkyl halides is 3. The zero-order valence-electron chi connectivity index (χ0n) is 12.7. The quantitative estimate of drug-likeness (QED) is 0.863. The highest BCUT2D eigenvalue weighted by atomic mass is 19.4. The van der Waals surface area contributed by atoms with Gasteiger partial charge in [-0.05, 0) is 18.7 Å². The molecule has 0 saturated heterocycles. The number of halogens is 3. The van der Waals surface area contributed by atoms with Crippen LogP contribution >= 0.6 is 0 Å². The molecular weight excluding hydrogens is 313 g/mol. The van der Waals surface area contributed by atoms with Crippen LogP contribution in [-0.4, -0.2) is 55.9 Å². The number of likely N-dealkylation sites (N-methyl/N-ethyl adjacent to an activating group) is 1. The summed E-state index contributed by atoms with van der Waals surface area (Å²) in [5.74, 6) is 0.623. The molecule has 23 heavy (non-hydrogen) atoms. The molecule has 0 aliphatic carbocycles. The van der Waals surface area contributed by atoms with Crippen molar-refractivity contribution < 1.29 is 27.4 Å². The minimum Gasteiger partial charge on any atom is -0.486 e. The van der Waals surface area contributed by atoms with Crippen LogP contribution in [0.3, 0.4) is 0 Å².